The van der Waals surface area contributed by atoms with Crippen LogP contribution < -0.4 is 10.5 Å². The van der Waals surface area contributed by atoms with Crippen molar-refractivity contribution in [3.63, 3.8) is 0 Å². The van der Waals surface area contributed by atoms with E-state index < -0.39 is 10.0 Å². The van der Waals surface area contributed by atoms with Crippen LogP contribution in [-0.2, 0) is 16.6 Å². The first-order chi connectivity index (χ1) is 8.69. The van der Waals surface area contributed by atoms with Crippen molar-refractivity contribution in [2.24, 2.45) is 5.73 Å². The van der Waals surface area contributed by atoms with Gasteiger partial charge in [0.1, 0.15) is 0 Å². The maximum atomic E-state index is 12.1. The number of hydrogen-bond donors (Lipinski definition) is 2. The molecule has 1 rings (SSSR count). The van der Waals surface area contributed by atoms with E-state index >= 15 is 0 Å². The molecule has 0 saturated carbocycles. The number of rotatable bonds is 6. The lowest BCUT2D eigenvalue weighted by atomic mass is 10.1. The Labute approximate surface area is 115 Å². The Morgan fingerprint density at radius 1 is 1.37 bits per heavy atom. The molecular weight excluding hydrogens is 264 g/mol. The van der Waals surface area contributed by atoms with Crippen molar-refractivity contribution in [2.75, 3.05) is 20.6 Å². The Balaban J connectivity index is 2.81. The Bertz CT molecular complexity index is 509. The Morgan fingerprint density at radius 2 is 2.00 bits per heavy atom. The highest BCUT2D eigenvalue weighted by Crippen LogP contribution is 2.11. The highest BCUT2D eigenvalue weighted by Gasteiger charge is 2.24. The Morgan fingerprint density at radius 3 is 2.42 bits per heavy atom. The summed E-state index contributed by atoms with van der Waals surface area (Å²) in [5.74, 6) is 0. The molecule has 0 spiro atoms. The molecule has 0 unspecified atom stereocenters. The van der Waals surface area contributed by atoms with Crippen LogP contribution in [0, 0.1) is 0 Å². The summed E-state index contributed by atoms with van der Waals surface area (Å²) in [6, 6.07) is 3.13. The molecule has 0 saturated heterocycles. The van der Waals surface area contributed by atoms with Crippen LogP contribution in [0.15, 0.2) is 23.4 Å². The predicted molar refractivity (Wildman–Crippen MR) is 75.1 cm³/mol. The molecular formula is C12H22N4O2S. The molecule has 0 aliphatic rings. The van der Waals surface area contributed by atoms with E-state index in [1.165, 1.54) is 12.3 Å². The molecule has 0 aliphatic carbocycles. The average molecular weight is 286 g/mol. The molecule has 0 radical (unpaired) electrons. The summed E-state index contributed by atoms with van der Waals surface area (Å²) < 4.78 is 26.7. The quantitative estimate of drug-likeness (QED) is 0.777. The second-order valence-electron chi connectivity index (χ2n) is 5.24. The minimum Gasteiger partial charge on any atom is -0.326 e. The second-order valence-corrected chi connectivity index (χ2v) is 6.95. The summed E-state index contributed by atoms with van der Waals surface area (Å²) in [6.07, 6.45) is 1.48. The fraction of sp³-hybridized carbons (Fsp3) is 0.583. The van der Waals surface area contributed by atoms with Crippen LogP contribution >= 0.6 is 0 Å². The molecule has 0 bridgehead atoms. The molecule has 0 fully saturated rings. The van der Waals surface area contributed by atoms with Crippen molar-refractivity contribution in [1.82, 2.24) is 14.6 Å². The summed E-state index contributed by atoms with van der Waals surface area (Å²) in [5, 5.41) is 0.0132. The highest BCUT2D eigenvalue weighted by atomic mass is 32.2. The first-order valence-corrected chi connectivity index (χ1v) is 7.49. The van der Waals surface area contributed by atoms with E-state index in [0.717, 1.165) is 5.56 Å². The van der Waals surface area contributed by atoms with Gasteiger partial charge in [-0.15, -0.1) is 0 Å². The molecule has 6 nitrogen and oxygen atoms in total. The first-order valence-electron chi connectivity index (χ1n) is 6.01. The average Bonchev–Trinajstić information content (AvgIpc) is 2.36. The second kappa shape index (κ2) is 5.96. The molecule has 3 N–H and O–H groups in total. The minimum atomic E-state index is -3.58. The molecule has 1 heterocycles. The summed E-state index contributed by atoms with van der Waals surface area (Å²) in [6.45, 7) is 4.57. The van der Waals surface area contributed by atoms with E-state index in [-0.39, 0.29) is 10.6 Å². The van der Waals surface area contributed by atoms with Crippen LogP contribution in [0.4, 0.5) is 0 Å². The fourth-order valence-corrected chi connectivity index (χ4v) is 2.32. The standard InChI is InChI=1S/C12H22N4O2S/c1-12(2,16(3)4)9-15-19(17,18)11-6-5-10(7-13)8-14-11/h5-6,8,15H,7,9,13H2,1-4H3. The zero-order valence-corrected chi connectivity index (χ0v) is 12.7. The van der Waals surface area contributed by atoms with Gasteiger partial charge in [0.05, 0.1) is 0 Å². The molecule has 0 aromatic carbocycles. The molecule has 108 valence electrons. The molecule has 0 atom stereocenters. The third-order valence-electron chi connectivity index (χ3n) is 3.21. The van der Waals surface area contributed by atoms with Crippen molar-refractivity contribution < 1.29 is 8.42 Å². The summed E-state index contributed by atoms with van der Waals surface area (Å²) in [4.78, 5) is 5.88. The number of nitrogens with two attached hydrogens (primary N) is 1. The van der Waals surface area contributed by atoms with Gasteiger partial charge < -0.3 is 10.6 Å². The van der Waals surface area contributed by atoms with Crippen molar-refractivity contribution in [3.05, 3.63) is 23.9 Å². The van der Waals surface area contributed by atoms with Gasteiger partial charge in [-0.1, -0.05) is 6.07 Å². The van der Waals surface area contributed by atoms with Crippen LogP contribution in [0.1, 0.15) is 19.4 Å². The van der Waals surface area contributed by atoms with Gasteiger partial charge in [-0.3, -0.25) is 0 Å². The maximum Gasteiger partial charge on any atom is 0.258 e. The van der Waals surface area contributed by atoms with E-state index in [1.54, 1.807) is 6.07 Å². The molecule has 1 aromatic heterocycles. The summed E-state index contributed by atoms with van der Waals surface area (Å²) in [5.41, 5.74) is 5.97. The summed E-state index contributed by atoms with van der Waals surface area (Å²) in [7, 11) is 0.230. The Kier molecular flexibility index (Phi) is 5.03. The van der Waals surface area contributed by atoms with Crippen LogP contribution in [-0.4, -0.2) is 44.5 Å². The van der Waals surface area contributed by atoms with Crippen LogP contribution in [0.2, 0.25) is 0 Å². The van der Waals surface area contributed by atoms with Crippen molar-refractivity contribution in [2.45, 2.75) is 31.0 Å². The van der Waals surface area contributed by atoms with Gasteiger partial charge in [0, 0.05) is 24.8 Å². The highest BCUT2D eigenvalue weighted by molar-refractivity contribution is 7.89. The Hall–Kier alpha value is -1.02. The van der Waals surface area contributed by atoms with Gasteiger partial charge in [-0.2, -0.15) is 0 Å². The van der Waals surface area contributed by atoms with Crippen molar-refractivity contribution in [3.8, 4) is 0 Å². The molecule has 1 aromatic rings. The molecule has 0 amide bonds. The normalized spacial score (nSPS) is 12.9. The van der Waals surface area contributed by atoms with E-state index in [4.69, 9.17) is 5.73 Å². The number of nitrogens with zero attached hydrogens (tertiary/aromatic N) is 2. The molecule has 7 heteroatoms. The topological polar surface area (TPSA) is 88.3 Å². The van der Waals surface area contributed by atoms with E-state index in [2.05, 4.69) is 9.71 Å². The maximum absolute atomic E-state index is 12.1. The van der Waals surface area contributed by atoms with Crippen molar-refractivity contribution >= 4 is 10.0 Å². The van der Waals surface area contributed by atoms with Gasteiger partial charge in [0.2, 0.25) is 0 Å². The monoisotopic (exact) mass is 286 g/mol. The van der Waals surface area contributed by atoms with Gasteiger partial charge in [0.25, 0.3) is 10.0 Å². The summed E-state index contributed by atoms with van der Waals surface area (Å²) >= 11 is 0. The zero-order valence-electron chi connectivity index (χ0n) is 11.8. The first kappa shape index (κ1) is 16.0. The lowest BCUT2D eigenvalue weighted by Gasteiger charge is -2.32. The van der Waals surface area contributed by atoms with Gasteiger partial charge in [-0.25, -0.2) is 18.1 Å². The van der Waals surface area contributed by atoms with E-state index in [9.17, 15) is 8.42 Å². The predicted octanol–water partition coefficient (Wildman–Crippen LogP) is 0.159. The fourth-order valence-electron chi connectivity index (χ4n) is 1.19. The third-order valence-corrected chi connectivity index (χ3v) is 4.53. The zero-order chi connectivity index (χ0) is 14.7. The van der Waals surface area contributed by atoms with E-state index in [1.807, 2.05) is 32.8 Å². The molecule has 0 aliphatic heterocycles. The van der Waals surface area contributed by atoms with Gasteiger partial charge in [0.15, 0.2) is 5.03 Å². The lowest BCUT2D eigenvalue weighted by molar-refractivity contribution is 0.199. The smallest absolute Gasteiger partial charge is 0.258 e. The largest absolute Gasteiger partial charge is 0.326 e. The number of sulfonamides is 1. The number of pyridine rings is 1. The number of hydrogen-bond acceptors (Lipinski definition) is 5. The van der Waals surface area contributed by atoms with Gasteiger partial charge in [-0.05, 0) is 39.6 Å². The third kappa shape index (κ3) is 4.24. The minimum absolute atomic E-state index is 0.0132. The number of aromatic nitrogens is 1. The van der Waals surface area contributed by atoms with Crippen LogP contribution in [0.5, 0.6) is 0 Å². The lowest BCUT2D eigenvalue weighted by Crippen LogP contribution is -2.48. The SMILES string of the molecule is CN(C)C(C)(C)CNS(=O)(=O)c1ccc(CN)cn1. The van der Waals surface area contributed by atoms with Crippen LogP contribution in [0.25, 0.3) is 0 Å². The number of nitrogens with one attached hydrogen (secondary N) is 1. The van der Waals surface area contributed by atoms with Crippen molar-refractivity contribution in [1.29, 1.82) is 0 Å². The van der Waals surface area contributed by atoms with Crippen LogP contribution in [0.3, 0.4) is 0 Å². The van der Waals surface area contributed by atoms with Gasteiger partial charge >= 0.3 is 0 Å². The molecule has 19 heavy (non-hydrogen) atoms. The number of likely N-dealkylation sites (N-methyl/N-ethyl adjacent to an activating group) is 1. The van der Waals surface area contributed by atoms with E-state index in [0.29, 0.717) is 13.1 Å².